The molecule has 0 aliphatic rings. The first-order valence-electron chi connectivity index (χ1n) is 5.41. The van der Waals surface area contributed by atoms with Crippen LogP contribution in [0, 0.1) is 11.3 Å². The molecule has 0 saturated carbocycles. The predicted molar refractivity (Wildman–Crippen MR) is 64.6 cm³/mol. The topological polar surface area (TPSA) is 45.9 Å². The van der Waals surface area contributed by atoms with E-state index in [2.05, 4.69) is 23.2 Å². The van der Waals surface area contributed by atoms with Crippen LogP contribution >= 0.6 is 0 Å². The van der Waals surface area contributed by atoms with Gasteiger partial charge in [0.15, 0.2) is 0 Å². The lowest BCUT2D eigenvalue weighted by atomic mass is 10.2. The lowest BCUT2D eigenvalue weighted by molar-refractivity contribution is 0.309. The molecule has 0 aliphatic carbocycles. The zero-order valence-corrected chi connectivity index (χ0v) is 9.34. The minimum absolute atomic E-state index is 0.500. The van der Waals surface area contributed by atoms with Gasteiger partial charge in [-0.1, -0.05) is 30.3 Å². The molecule has 1 aromatic heterocycles. The summed E-state index contributed by atoms with van der Waals surface area (Å²) in [6.07, 6.45) is 2.41. The van der Waals surface area contributed by atoms with E-state index in [0.717, 1.165) is 6.42 Å². The van der Waals surface area contributed by atoms with Crippen LogP contribution in [0.15, 0.2) is 48.7 Å². The van der Waals surface area contributed by atoms with Crippen LogP contribution < -0.4 is 4.74 Å². The molecule has 0 amide bonds. The van der Waals surface area contributed by atoms with Gasteiger partial charge >= 0.3 is 0 Å². The number of hydrogen-bond donors (Lipinski definition) is 0. The van der Waals surface area contributed by atoms with Crippen molar-refractivity contribution in [3.8, 4) is 11.9 Å². The average Bonchev–Trinajstić information content (AvgIpc) is 2.40. The first-order chi connectivity index (χ1) is 8.38. The van der Waals surface area contributed by atoms with Gasteiger partial charge < -0.3 is 4.74 Å². The SMILES string of the molecule is N#Cc1ccnc(OCCc2ccccc2)c1. The van der Waals surface area contributed by atoms with E-state index < -0.39 is 0 Å². The monoisotopic (exact) mass is 224 g/mol. The van der Waals surface area contributed by atoms with Gasteiger partial charge in [0.2, 0.25) is 5.88 Å². The first-order valence-corrected chi connectivity index (χ1v) is 5.41. The molecular weight excluding hydrogens is 212 g/mol. The summed E-state index contributed by atoms with van der Waals surface area (Å²) in [4.78, 5) is 4.05. The van der Waals surface area contributed by atoms with Gasteiger partial charge in [-0.05, 0) is 11.6 Å². The highest BCUT2D eigenvalue weighted by molar-refractivity contribution is 5.31. The largest absolute Gasteiger partial charge is 0.477 e. The van der Waals surface area contributed by atoms with Gasteiger partial charge in [0.1, 0.15) is 0 Å². The Bertz CT molecular complexity index is 517. The summed E-state index contributed by atoms with van der Waals surface area (Å²) in [5.41, 5.74) is 1.79. The van der Waals surface area contributed by atoms with Crippen molar-refractivity contribution >= 4 is 0 Å². The number of nitrogens with zero attached hydrogens (tertiary/aromatic N) is 2. The lowest BCUT2D eigenvalue weighted by Crippen LogP contribution is -2.02. The summed E-state index contributed by atoms with van der Waals surface area (Å²) in [7, 11) is 0. The fraction of sp³-hybridized carbons (Fsp3) is 0.143. The van der Waals surface area contributed by atoms with E-state index in [-0.39, 0.29) is 0 Å². The Morgan fingerprint density at radius 3 is 2.76 bits per heavy atom. The smallest absolute Gasteiger partial charge is 0.214 e. The average molecular weight is 224 g/mol. The molecule has 2 rings (SSSR count). The third-order valence-electron chi connectivity index (χ3n) is 2.35. The van der Waals surface area contributed by atoms with Crippen molar-refractivity contribution < 1.29 is 4.74 Å². The van der Waals surface area contributed by atoms with Gasteiger partial charge in [-0.15, -0.1) is 0 Å². The van der Waals surface area contributed by atoms with E-state index in [1.54, 1.807) is 18.3 Å². The molecule has 1 aromatic carbocycles. The van der Waals surface area contributed by atoms with Crippen LogP contribution in [0.1, 0.15) is 11.1 Å². The molecular formula is C14H12N2O. The maximum absolute atomic E-state index is 8.73. The molecule has 0 unspecified atom stereocenters. The Morgan fingerprint density at radius 1 is 1.18 bits per heavy atom. The van der Waals surface area contributed by atoms with Crippen LogP contribution in [0.25, 0.3) is 0 Å². The van der Waals surface area contributed by atoms with Crippen molar-refractivity contribution in [1.82, 2.24) is 4.98 Å². The summed E-state index contributed by atoms with van der Waals surface area (Å²) >= 11 is 0. The number of ether oxygens (including phenoxy) is 1. The first kappa shape index (κ1) is 11.2. The van der Waals surface area contributed by atoms with Gasteiger partial charge in [0.25, 0.3) is 0 Å². The number of rotatable bonds is 4. The molecule has 1 heterocycles. The second-order valence-electron chi connectivity index (χ2n) is 3.58. The minimum Gasteiger partial charge on any atom is -0.477 e. The Morgan fingerprint density at radius 2 is 2.00 bits per heavy atom. The molecule has 0 saturated heterocycles. The molecule has 0 spiro atoms. The molecule has 0 aliphatic heterocycles. The second kappa shape index (κ2) is 5.66. The molecule has 0 radical (unpaired) electrons. The zero-order chi connectivity index (χ0) is 11.9. The van der Waals surface area contributed by atoms with Gasteiger partial charge in [-0.2, -0.15) is 5.26 Å². The fourth-order valence-corrected chi connectivity index (χ4v) is 1.48. The van der Waals surface area contributed by atoms with Crippen molar-refractivity contribution in [2.24, 2.45) is 0 Å². The third-order valence-corrected chi connectivity index (χ3v) is 2.35. The summed E-state index contributed by atoms with van der Waals surface area (Å²) < 4.78 is 5.49. The van der Waals surface area contributed by atoms with Crippen molar-refractivity contribution in [3.63, 3.8) is 0 Å². The van der Waals surface area contributed by atoms with E-state index in [9.17, 15) is 0 Å². The number of hydrogen-bond acceptors (Lipinski definition) is 3. The highest BCUT2D eigenvalue weighted by atomic mass is 16.5. The molecule has 0 fully saturated rings. The Labute approximate surface area is 100 Å². The van der Waals surface area contributed by atoms with E-state index in [1.165, 1.54) is 5.56 Å². The van der Waals surface area contributed by atoms with Crippen molar-refractivity contribution in [2.45, 2.75) is 6.42 Å². The van der Waals surface area contributed by atoms with E-state index in [1.807, 2.05) is 18.2 Å². The normalized spacial score (nSPS) is 9.59. The van der Waals surface area contributed by atoms with Crippen LogP contribution in [0.3, 0.4) is 0 Å². The molecule has 84 valence electrons. The Hall–Kier alpha value is -2.34. The molecule has 0 bridgehead atoms. The molecule has 2 aromatic rings. The summed E-state index contributed by atoms with van der Waals surface area (Å²) in [6.45, 7) is 0.561. The number of nitriles is 1. The van der Waals surface area contributed by atoms with Gasteiger partial charge in [-0.25, -0.2) is 4.98 Å². The van der Waals surface area contributed by atoms with Crippen LogP contribution in [0.5, 0.6) is 5.88 Å². The molecule has 3 nitrogen and oxygen atoms in total. The molecule has 3 heteroatoms. The number of pyridine rings is 1. The highest BCUT2D eigenvalue weighted by Gasteiger charge is 1.98. The lowest BCUT2D eigenvalue weighted by Gasteiger charge is -2.05. The highest BCUT2D eigenvalue weighted by Crippen LogP contribution is 2.09. The number of benzene rings is 1. The van der Waals surface area contributed by atoms with Crippen molar-refractivity contribution in [1.29, 1.82) is 5.26 Å². The van der Waals surface area contributed by atoms with Crippen LogP contribution in [0.4, 0.5) is 0 Å². The molecule has 0 N–H and O–H groups in total. The second-order valence-corrected chi connectivity index (χ2v) is 3.58. The standard InChI is InChI=1S/C14H12N2O/c15-11-13-6-8-16-14(10-13)17-9-7-12-4-2-1-3-5-12/h1-6,8,10H,7,9H2. The summed E-state index contributed by atoms with van der Waals surface area (Å²) in [5, 5.41) is 8.73. The Kier molecular flexibility index (Phi) is 3.72. The number of aromatic nitrogens is 1. The summed E-state index contributed by atoms with van der Waals surface area (Å²) in [6, 6.07) is 15.5. The van der Waals surface area contributed by atoms with E-state index >= 15 is 0 Å². The van der Waals surface area contributed by atoms with Crippen molar-refractivity contribution in [3.05, 3.63) is 59.8 Å². The fourth-order valence-electron chi connectivity index (χ4n) is 1.48. The molecule has 0 atom stereocenters. The van der Waals surface area contributed by atoms with Crippen LogP contribution in [0.2, 0.25) is 0 Å². The van der Waals surface area contributed by atoms with Crippen LogP contribution in [-0.2, 0) is 6.42 Å². The maximum Gasteiger partial charge on any atom is 0.214 e. The van der Waals surface area contributed by atoms with Crippen LogP contribution in [-0.4, -0.2) is 11.6 Å². The van der Waals surface area contributed by atoms with Gasteiger partial charge in [0, 0.05) is 18.7 Å². The maximum atomic E-state index is 8.73. The quantitative estimate of drug-likeness (QED) is 0.801. The Balaban J connectivity index is 1.88. The zero-order valence-electron chi connectivity index (χ0n) is 9.34. The van der Waals surface area contributed by atoms with Crippen molar-refractivity contribution in [2.75, 3.05) is 6.61 Å². The summed E-state index contributed by atoms with van der Waals surface area (Å²) in [5.74, 6) is 0.500. The molecule has 17 heavy (non-hydrogen) atoms. The minimum atomic E-state index is 0.500. The predicted octanol–water partition coefficient (Wildman–Crippen LogP) is 2.57. The third kappa shape index (κ3) is 3.32. The van der Waals surface area contributed by atoms with E-state index in [0.29, 0.717) is 18.1 Å². The van der Waals surface area contributed by atoms with Gasteiger partial charge in [0.05, 0.1) is 18.2 Å². The van der Waals surface area contributed by atoms with E-state index in [4.69, 9.17) is 10.00 Å². The van der Waals surface area contributed by atoms with Gasteiger partial charge in [-0.3, -0.25) is 0 Å².